The number of nitrogens with one attached hydrogen (secondary N) is 2. The van der Waals surface area contributed by atoms with Gasteiger partial charge < -0.3 is 20.1 Å². The average Bonchev–Trinajstić information content (AvgIpc) is 2.82. The number of amides is 1. The third kappa shape index (κ3) is 3.57. The molecule has 0 radical (unpaired) electrons. The highest BCUT2D eigenvalue weighted by Crippen LogP contribution is 2.19. The predicted octanol–water partition coefficient (Wildman–Crippen LogP) is 1.84. The first kappa shape index (κ1) is 16.7. The third-order valence-corrected chi connectivity index (χ3v) is 3.56. The number of hydrogen-bond acceptors (Lipinski definition) is 4. The van der Waals surface area contributed by atoms with Crippen molar-refractivity contribution in [1.29, 1.82) is 0 Å². The minimum Gasteiger partial charge on any atom is -0.477 e. The lowest BCUT2D eigenvalue weighted by molar-refractivity contribution is 0.0690. The Balaban J connectivity index is 2.28. The summed E-state index contributed by atoms with van der Waals surface area (Å²) < 4.78 is 5.14. The monoisotopic (exact) mass is 317 g/mol. The van der Waals surface area contributed by atoms with E-state index in [-0.39, 0.29) is 18.2 Å². The molecule has 0 aliphatic rings. The summed E-state index contributed by atoms with van der Waals surface area (Å²) in [7, 11) is 1.54. The molecule has 0 aromatic carbocycles. The van der Waals surface area contributed by atoms with E-state index in [9.17, 15) is 9.59 Å². The van der Waals surface area contributed by atoms with Gasteiger partial charge in [-0.2, -0.15) is 0 Å². The number of rotatable bonds is 6. The third-order valence-electron chi connectivity index (χ3n) is 3.56. The molecule has 0 spiro atoms. The second kappa shape index (κ2) is 7.06. The normalized spacial score (nSPS) is 12.0. The number of carboxylic acid groups (broad SMARTS) is 1. The number of carbonyl (C=O) groups is 2. The van der Waals surface area contributed by atoms with Crippen molar-refractivity contribution < 1.29 is 19.4 Å². The Labute approximate surface area is 133 Å². The number of ether oxygens (including phenoxy) is 1. The van der Waals surface area contributed by atoms with Crippen LogP contribution in [0.3, 0.4) is 0 Å². The molecule has 23 heavy (non-hydrogen) atoms. The molecule has 0 aliphatic carbocycles. The molecular weight excluding hydrogens is 298 g/mol. The Hall–Kier alpha value is -2.67. The van der Waals surface area contributed by atoms with Crippen LogP contribution in [0.2, 0.25) is 0 Å². The molecule has 0 aliphatic heterocycles. The standard InChI is InChI=1S/C16H19N3O4/c1-9-13(10(2)18-14(9)16(21)22)15(20)19-12(8-23-3)11-6-4-5-7-17-11/h4-7,12,18H,8H2,1-3H3,(H,19,20)(H,21,22)/t12-/m1/s1. The first-order chi connectivity index (χ1) is 11.0. The van der Waals surface area contributed by atoms with E-state index in [2.05, 4.69) is 15.3 Å². The van der Waals surface area contributed by atoms with Crippen molar-refractivity contribution in [3.8, 4) is 0 Å². The van der Waals surface area contributed by atoms with Crippen LogP contribution in [-0.2, 0) is 4.74 Å². The van der Waals surface area contributed by atoms with Gasteiger partial charge in [0.05, 0.1) is 23.9 Å². The van der Waals surface area contributed by atoms with Gasteiger partial charge in [0.15, 0.2) is 0 Å². The summed E-state index contributed by atoms with van der Waals surface area (Å²) in [6.07, 6.45) is 1.64. The first-order valence-corrected chi connectivity index (χ1v) is 7.08. The Morgan fingerprint density at radius 1 is 1.39 bits per heavy atom. The predicted molar refractivity (Wildman–Crippen MR) is 83.5 cm³/mol. The molecule has 7 heteroatoms. The number of nitrogens with zero attached hydrogens (tertiary/aromatic N) is 1. The zero-order valence-electron chi connectivity index (χ0n) is 13.2. The van der Waals surface area contributed by atoms with Crippen molar-refractivity contribution in [2.24, 2.45) is 0 Å². The average molecular weight is 317 g/mol. The van der Waals surface area contributed by atoms with Gasteiger partial charge in [0.1, 0.15) is 5.69 Å². The number of pyridine rings is 1. The summed E-state index contributed by atoms with van der Waals surface area (Å²) >= 11 is 0. The lowest BCUT2D eigenvalue weighted by Crippen LogP contribution is -2.32. The Bertz CT molecular complexity index is 710. The van der Waals surface area contributed by atoms with Crippen LogP contribution in [0.15, 0.2) is 24.4 Å². The van der Waals surface area contributed by atoms with E-state index in [0.717, 1.165) is 0 Å². The Morgan fingerprint density at radius 3 is 2.65 bits per heavy atom. The van der Waals surface area contributed by atoms with E-state index < -0.39 is 12.0 Å². The van der Waals surface area contributed by atoms with Crippen LogP contribution >= 0.6 is 0 Å². The molecule has 1 atom stereocenters. The van der Waals surface area contributed by atoms with Gasteiger partial charge in [-0.25, -0.2) is 4.79 Å². The molecule has 0 saturated heterocycles. The summed E-state index contributed by atoms with van der Waals surface area (Å²) in [5.74, 6) is -1.46. The smallest absolute Gasteiger partial charge is 0.352 e. The van der Waals surface area contributed by atoms with Gasteiger partial charge in [-0.15, -0.1) is 0 Å². The zero-order chi connectivity index (χ0) is 17.0. The fourth-order valence-electron chi connectivity index (χ4n) is 2.48. The van der Waals surface area contributed by atoms with E-state index in [1.54, 1.807) is 32.2 Å². The van der Waals surface area contributed by atoms with Gasteiger partial charge in [0, 0.05) is 19.0 Å². The number of aryl methyl sites for hydroxylation is 1. The van der Waals surface area contributed by atoms with Crippen molar-refractivity contribution >= 4 is 11.9 Å². The van der Waals surface area contributed by atoms with E-state index in [1.165, 1.54) is 7.11 Å². The summed E-state index contributed by atoms with van der Waals surface area (Å²) in [5, 5.41) is 12.0. The molecule has 2 aromatic rings. The molecule has 122 valence electrons. The minimum atomic E-state index is -1.09. The van der Waals surface area contributed by atoms with Crippen molar-refractivity contribution in [1.82, 2.24) is 15.3 Å². The SMILES string of the molecule is COC[C@@H](NC(=O)c1c(C)[nH]c(C(=O)O)c1C)c1ccccn1. The lowest BCUT2D eigenvalue weighted by atomic mass is 10.1. The van der Waals surface area contributed by atoms with E-state index in [4.69, 9.17) is 9.84 Å². The van der Waals surface area contributed by atoms with Gasteiger partial charge in [-0.1, -0.05) is 6.07 Å². The first-order valence-electron chi connectivity index (χ1n) is 7.08. The molecule has 0 saturated carbocycles. The number of carboxylic acids is 1. The largest absolute Gasteiger partial charge is 0.477 e. The number of carbonyl (C=O) groups excluding carboxylic acids is 1. The quantitative estimate of drug-likeness (QED) is 0.754. The number of methoxy groups -OCH3 is 1. The van der Waals surface area contributed by atoms with Crippen molar-refractivity contribution in [2.45, 2.75) is 19.9 Å². The molecule has 1 amide bonds. The van der Waals surface area contributed by atoms with Gasteiger partial charge in [0.2, 0.25) is 0 Å². The van der Waals surface area contributed by atoms with Crippen molar-refractivity contribution in [3.63, 3.8) is 0 Å². The second-order valence-electron chi connectivity index (χ2n) is 5.17. The maximum absolute atomic E-state index is 12.6. The summed E-state index contributed by atoms with van der Waals surface area (Å²) in [6, 6.07) is 4.99. The van der Waals surface area contributed by atoms with Crippen molar-refractivity contribution in [2.75, 3.05) is 13.7 Å². The maximum atomic E-state index is 12.6. The Kier molecular flexibility index (Phi) is 5.13. The van der Waals surface area contributed by atoms with Crippen LogP contribution in [0.5, 0.6) is 0 Å². The highest BCUT2D eigenvalue weighted by molar-refractivity contribution is 6.01. The lowest BCUT2D eigenvalue weighted by Gasteiger charge is -2.17. The van der Waals surface area contributed by atoms with Gasteiger partial charge in [-0.3, -0.25) is 9.78 Å². The molecule has 2 rings (SSSR count). The second-order valence-corrected chi connectivity index (χ2v) is 5.17. The van der Waals surface area contributed by atoms with Crippen LogP contribution in [0.4, 0.5) is 0 Å². The van der Waals surface area contributed by atoms with Crippen LogP contribution in [0.25, 0.3) is 0 Å². The highest BCUT2D eigenvalue weighted by Gasteiger charge is 2.24. The molecule has 2 heterocycles. The number of H-pyrrole nitrogens is 1. The molecule has 7 nitrogen and oxygen atoms in total. The molecule has 0 bridgehead atoms. The van der Waals surface area contributed by atoms with Crippen LogP contribution in [0, 0.1) is 13.8 Å². The van der Waals surface area contributed by atoms with Gasteiger partial charge >= 0.3 is 5.97 Å². The minimum absolute atomic E-state index is 0.0220. The summed E-state index contributed by atoms with van der Waals surface area (Å²) in [4.78, 5) is 30.7. The topological polar surface area (TPSA) is 104 Å². The van der Waals surface area contributed by atoms with E-state index >= 15 is 0 Å². The summed E-state index contributed by atoms with van der Waals surface area (Å²) in [5.41, 5.74) is 1.94. The van der Waals surface area contributed by atoms with E-state index in [0.29, 0.717) is 22.5 Å². The van der Waals surface area contributed by atoms with Crippen LogP contribution < -0.4 is 5.32 Å². The molecule has 0 fully saturated rings. The summed E-state index contributed by atoms with van der Waals surface area (Å²) in [6.45, 7) is 3.53. The fraction of sp³-hybridized carbons (Fsp3) is 0.312. The number of aromatic amines is 1. The zero-order valence-corrected chi connectivity index (χ0v) is 13.2. The van der Waals surface area contributed by atoms with Gasteiger partial charge in [0.25, 0.3) is 5.91 Å². The maximum Gasteiger partial charge on any atom is 0.352 e. The van der Waals surface area contributed by atoms with Crippen LogP contribution in [-0.4, -0.2) is 40.7 Å². The molecular formula is C16H19N3O4. The van der Waals surface area contributed by atoms with Crippen molar-refractivity contribution in [3.05, 3.63) is 52.6 Å². The van der Waals surface area contributed by atoms with E-state index in [1.807, 2.05) is 6.07 Å². The number of aromatic carboxylic acids is 1. The molecule has 0 unspecified atom stereocenters. The highest BCUT2D eigenvalue weighted by atomic mass is 16.5. The fourth-order valence-corrected chi connectivity index (χ4v) is 2.48. The Morgan fingerprint density at radius 2 is 2.13 bits per heavy atom. The number of aromatic nitrogens is 2. The molecule has 3 N–H and O–H groups in total. The number of hydrogen-bond donors (Lipinski definition) is 3. The van der Waals surface area contributed by atoms with Gasteiger partial charge in [-0.05, 0) is 31.5 Å². The van der Waals surface area contributed by atoms with Crippen LogP contribution in [0.1, 0.15) is 43.8 Å². The molecule has 2 aromatic heterocycles.